The van der Waals surface area contributed by atoms with Crippen LogP contribution in [0.4, 0.5) is 0 Å². The van der Waals surface area contributed by atoms with Crippen LogP contribution >= 0.6 is 0 Å². The third-order valence-electron chi connectivity index (χ3n) is 2.35. The number of nitrogens with two attached hydrogens (primary N) is 1. The third kappa shape index (κ3) is 2.97. The van der Waals surface area contributed by atoms with E-state index in [1.165, 1.54) is 6.92 Å². The van der Waals surface area contributed by atoms with Gasteiger partial charge in [-0.05, 0) is 32.4 Å². The van der Waals surface area contributed by atoms with Crippen molar-refractivity contribution >= 4 is 5.97 Å². The van der Waals surface area contributed by atoms with E-state index in [2.05, 4.69) is 0 Å². The topological polar surface area (TPSA) is 72.5 Å². The molecule has 1 aromatic rings. The van der Waals surface area contributed by atoms with E-state index in [1.54, 1.807) is 0 Å². The average molecular weight is 223 g/mol. The van der Waals surface area contributed by atoms with Gasteiger partial charge in [0.1, 0.15) is 17.9 Å². The van der Waals surface area contributed by atoms with Crippen LogP contribution in [0.15, 0.2) is 18.2 Å². The SMILES string of the molecule is Cc1ccc(OCC(C)(N)C(=O)O)c(C)c1. The molecular formula is C12H17NO3. The smallest absolute Gasteiger partial charge is 0.326 e. The van der Waals surface area contributed by atoms with Crippen molar-refractivity contribution in [1.82, 2.24) is 0 Å². The molecule has 0 heterocycles. The Labute approximate surface area is 95.0 Å². The Morgan fingerprint density at radius 2 is 2.12 bits per heavy atom. The highest BCUT2D eigenvalue weighted by atomic mass is 16.5. The molecule has 0 spiro atoms. The molecular weight excluding hydrogens is 206 g/mol. The van der Waals surface area contributed by atoms with E-state index in [4.69, 9.17) is 15.6 Å². The van der Waals surface area contributed by atoms with Crippen LogP contribution in [-0.4, -0.2) is 23.2 Å². The minimum Gasteiger partial charge on any atom is -0.491 e. The number of benzene rings is 1. The number of aliphatic carboxylic acids is 1. The van der Waals surface area contributed by atoms with Gasteiger partial charge in [-0.1, -0.05) is 17.7 Å². The van der Waals surface area contributed by atoms with Gasteiger partial charge in [0, 0.05) is 0 Å². The molecule has 0 saturated carbocycles. The van der Waals surface area contributed by atoms with Crippen LogP contribution in [0.25, 0.3) is 0 Å². The second-order valence-corrected chi connectivity index (χ2v) is 4.28. The van der Waals surface area contributed by atoms with Crippen LogP contribution in [0.1, 0.15) is 18.1 Å². The quantitative estimate of drug-likeness (QED) is 0.811. The van der Waals surface area contributed by atoms with Crippen LogP contribution < -0.4 is 10.5 Å². The first-order valence-electron chi connectivity index (χ1n) is 5.05. The van der Waals surface area contributed by atoms with Gasteiger partial charge >= 0.3 is 5.97 Å². The Hall–Kier alpha value is -1.55. The highest BCUT2D eigenvalue weighted by molar-refractivity contribution is 5.78. The van der Waals surface area contributed by atoms with Gasteiger partial charge in [0.2, 0.25) is 0 Å². The lowest BCUT2D eigenvalue weighted by Gasteiger charge is -2.20. The number of carboxylic acid groups (broad SMARTS) is 1. The summed E-state index contributed by atoms with van der Waals surface area (Å²) in [5.41, 5.74) is 6.31. The summed E-state index contributed by atoms with van der Waals surface area (Å²) in [5.74, 6) is -0.402. The van der Waals surface area contributed by atoms with Gasteiger partial charge < -0.3 is 15.6 Å². The molecule has 1 rings (SSSR count). The Kier molecular flexibility index (Phi) is 3.55. The zero-order valence-electron chi connectivity index (χ0n) is 9.78. The largest absolute Gasteiger partial charge is 0.491 e. The van der Waals surface area contributed by atoms with Gasteiger partial charge in [0.25, 0.3) is 0 Å². The highest BCUT2D eigenvalue weighted by Gasteiger charge is 2.29. The molecule has 88 valence electrons. The molecule has 4 nitrogen and oxygen atoms in total. The van der Waals surface area contributed by atoms with Gasteiger partial charge in [-0.2, -0.15) is 0 Å². The van der Waals surface area contributed by atoms with Gasteiger partial charge in [-0.15, -0.1) is 0 Å². The van der Waals surface area contributed by atoms with Crippen LogP contribution in [0.5, 0.6) is 5.75 Å². The standard InChI is InChI=1S/C12H17NO3/c1-8-4-5-10(9(2)6-8)16-7-12(3,13)11(14)15/h4-6H,7,13H2,1-3H3,(H,14,15). The summed E-state index contributed by atoms with van der Waals surface area (Å²) in [6.07, 6.45) is 0. The zero-order chi connectivity index (χ0) is 12.3. The second kappa shape index (κ2) is 4.53. The predicted molar refractivity (Wildman–Crippen MR) is 61.6 cm³/mol. The van der Waals surface area contributed by atoms with E-state index >= 15 is 0 Å². The molecule has 1 aromatic carbocycles. The van der Waals surface area contributed by atoms with E-state index in [1.807, 2.05) is 32.0 Å². The van der Waals surface area contributed by atoms with Gasteiger partial charge in [-0.25, -0.2) is 0 Å². The lowest BCUT2D eigenvalue weighted by atomic mass is 10.1. The number of hydrogen-bond donors (Lipinski definition) is 2. The summed E-state index contributed by atoms with van der Waals surface area (Å²) in [4.78, 5) is 10.8. The summed E-state index contributed by atoms with van der Waals surface area (Å²) in [6.45, 7) is 5.28. The molecule has 1 unspecified atom stereocenters. The molecule has 1 atom stereocenters. The molecule has 0 radical (unpaired) electrons. The molecule has 0 aliphatic carbocycles. The number of carboxylic acids is 1. The fourth-order valence-electron chi connectivity index (χ4n) is 1.25. The molecule has 0 aliphatic heterocycles. The van der Waals surface area contributed by atoms with Crippen molar-refractivity contribution in [3.8, 4) is 5.75 Å². The summed E-state index contributed by atoms with van der Waals surface area (Å²) >= 11 is 0. The maximum Gasteiger partial charge on any atom is 0.326 e. The maximum atomic E-state index is 10.8. The van der Waals surface area contributed by atoms with Crippen molar-refractivity contribution in [3.05, 3.63) is 29.3 Å². The lowest BCUT2D eigenvalue weighted by Crippen LogP contribution is -2.50. The number of rotatable bonds is 4. The second-order valence-electron chi connectivity index (χ2n) is 4.28. The van der Waals surface area contributed by atoms with Gasteiger partial charge in [-0.3, -0.25) is 4.79 Å². The minimum atomic E-state index is -1.36. The summed E-state index contributed by atoms with van der Waals surface area (Å²) < 4.78 is 5.41. The van der Waals surface area contributed by atoms with Gasteiger partial charge in [0.15, 0.2) is 0 Å². The Bertz CT molecular complexity index is 399. The minimum absolute atomic E-state index is 0.0494. The molecule has 0 saturated heterocycles. The maximum absolute atomic E-state index is 10.8. The first-order valence-corrected chi connectivity index (χ1v) is 5.05. The summed E-state index contributed by atoms with van der Waals surface area (Å²) in [5, 5.41) is 8.83. The van der Waals surface area contributed by atoms with Crippen LogP contribution in [0.3, 0.4) is 0 Å². The average Bonchev–Trinajstić information content (AvgIpc) is 2.16. The van der Waals surface area contributed by atoms with Crippen molar-refractivity contribution in [2.45, 2.75) is 26.3 Å². The van der Waals surface area contributed by atoms with Crippen molar-refractivity contribution in [2.24, 2.45) is 5.73 Å². The fraction of sp³-hybridized carbons (Fsp3) is 0.417. The van der Waals surface area contributed by atoms with Gasteiger partial charge in [0.05, 0.1) is 0 Å². The molecule has 3 N–H and O–H groups in total. The zero-order valence-corrected chi connectivity index (χ0v) is 9.78. The molecule has 4 heteroatoms. The summed E-state index contributed by atoms with van der Waals surface area (Å²) in [7, 11) is 0. The monoisotopic (exact) mass is 223 g/mol. The molecule has 0 aliphatic rings. The fourth-order valence-corrected chi connectivity index (χ4v) is 1.25. The first-order chi connectivity index (χ1) is 7.33. The van der Waals surface area contributed by atoms with Crippen LogP contribution in [-0.2, 0) is 4.79 Å². The predicted octanol–water partition coefficient (Wildman–Crippen LogP) is 1.48. The normalized spacial score (nSPS) is 14.2. The number of aryl methyl sites for hydroxylation is 2. The van der Waals surface area contributed by atoms with E-state index in [0.29, 0.717) is 5.75 Å². The van der Waals surface area contributed by atoms with Crippen molar-refractivity contribution < 1.29 is 14.6 Å². The van der Waals surface area contributed by atoms with E-state index in [0.717, 1.165) is 11.1 Å². The first kappa shape index (κ1) is 12.5. The Morgan fingerprint density at radius 1 is 1.50 bits per heavy atom. The van der Waals surface area contributed by atoms with Crippen molar-refractivity contribution in [3.63, 3.8) is 0 Å². The highest BCUT2D eigenvalue weighted by Crippen LogP contribution is 2.19. The number of hydrogen-bond acceptors (Lipinski definition) is 3. The van der Waals surface area contributed by atoms with Crippen molar-refractivity contribution in [2.75, 3.05) is 6.61 Å². The van der Waals surface area contributed by atoms with E-state index in [-0.39, 0.29) is 6.61 Å². The number of ether oxygens (including phenoxy) is 1. The third-order valence-corrected chi connectivity index (χ3v) is 2.35. The van der Waals surface area contributed by atoms with Crippen LogP contribution in [0.2, 0.25) is 0 Å². The molecule has 0 aromatic heterocycles. The Morgan fingerprint density at radius 3 is 2.62 bits per heavy atom. The number of carbonyl (C=O) groups is 1. The molecule has 0 amide bonds. The van der Waals surface area contributed by atoms with Crippen LogP contribution in [0, 0.1) is 13.8 Å². The van der Waals surface area contributed by atoms with E-state index in [9.17, 15) is 4.79 Å². The van der Waals surface area contributed by atoms with Crippen molar-refractivity contribution in [1.29, 1.82) is 0 Å². The molecule has 0 bridgehead atoms. The Balaban J connectivity index is 2.72. The lowest BCUT2D eigenvalue weighted by molar-refractivity contribution is -0.143. The molecule has 16 heavy (non-hydrogen) atoms. The van der Waals surface area contributed by atoms with E-state index < -0.39 is 11.5 Å². The molecule has 0 fully saturated rings. The summed E-state index contributed by atoms with van der Waals surface area (Å²) in [6, 6.07) is 5.71.